The fourth-order valence-corrected chi connectivity index (χ4v) is 2.96. The molecule has 0 saturated carbocycles. The predicted molar refractivity (Wildman–Crippen MR) is 103 cm³/mol. The van der Waals surface area contributed by atoms with Crippen molar-refractivity contribution in [2.75, 3.05) is 0 Å². The summed E-state index contributed by atoms with van der Waals surface area (Å²) in [5, 5.41) is 0. The highest BCUT2D eigenvalue weighted by molar-refractivity contribution is 5.79. The first kappa shape index (κ1) is 17.5. The van der Waals surface area contributed by atoms with E-state index in [0.29, 0.717) is 0 Å². The Morgan fingerprint density at radius 2 is 1.09 bits per heavy atom. The van der Waals surface area contributed by atoms with Gasteiger partial charge in [-0.15, -0.1) is 0 Å². The molecule has 0 aliphatic heterocycles. The van der Waals surface area contributed by atoms with Gasteiger partial charge in [0.25, 0.3) is 0 Å². The van der Waals surface area contributed by atoms with Gasteiger partial charge in [0.1, 0.15) is 0 Å². The normalized spacial score (nSPS) is 10.6. The molecule has 2 rings (SSSR count). The van der Waals surface area contributed by atoms with Crippen LogP contribution in [-0.2, 0) is 12.8 Å². The van der Waals surface area contributed by atoms with Crippen molar-refractivity contribution in [3.8, 4) is 0 Å². The van der Waals surface area contributed by atoms with E-state index in [-0.39, 0.29) is 0 Å². The first-order chi connectivity index (χ1) is 11.3. The lowest BCUT2D eigenvalue weighted by atomic mass is 9.95. The van der Waals surface area contributed by atoms with E-state index in [1.54, 1.807) is 0 Å². The third-order valence-corrected chi connectivity index (χ3v) is 4.46. The molecular weight excluding hydrogens is 276 g/mol. The van der Waals surface area contributed by atoms with Gasteiger partial charge in [-0.1, -0.05) is 81.3 Å². The number of hydrogen-bond donors (Lipinski definition) is 0. The molecule has 2 aromatic rings. The summed E-state index contributed by atoms with van der Waals surface area (Å²) in [5.74, 6) is 0. The Hall–Kier alpha value is -1.82. The van der Waals surface area contributed by atoms with Crippen LogP contribution in [0.15, 0.2) is 54.6 Å². The van der Waals surface area contributed by atoms with E-state index in [0.717, 1.165) is 0 Å². The summed E-state index contributed by atoms with van der Waals surface area (Å²) < 4.78 is 0. The average molecular weight is 306 g/mol. The Labute approximate surface area is 142 Å². The molecule has 0 saturated heterocycles. The summed E-state index contributed by atoms with van der Waals surface area (Å²) >= 11 is 0. The third-order valence-electron chi connectivity index (χ3n) is 4.46. The molecule has 2 aromatic carbocycles. The summed E-state index contributed by atoms with van der Waals surface area (Å²) in [6.45, 7) is 6.62. The lowest BCUT2D eigenvalue weighted by Crippen LogP contribution is -1.91. The molecular formula is C23H30. The summed E-state index contributed by atoms with van der Waals surface area (Å²) in [6, 6.07) is 18.2. The molecule has 0 unspecified atom stereocenters. The van der Waals surface area contributed by atoms with Crippen molar-refractivity contribution in [1.82, 2.24) is 0 Å². The fourth-order valence-electron chi connectivity index (χ4n) is 2.96. The molecule has 0 radical (unpaired) electrons. The van der Waals surface area contributed by atoms with Crippen LogP contribution in [-0.4, -0.2) is 0 Å². The lowest BCUT2D eigenvalue weighted by Gasteiger charge is -2.10. The Morgan fingerprint density at radius 3 is 1.39 bits per heavy atom. The Balaban J connectivity index is 2.13. The van der Waals surface area contributed by atoms with E-state index in [1.165, 1.54) is 66.4 Å². The van der Waals surface area contributed by atoms with Crippen LogP contribution in [0.4, 0.5) is 0 Å². The van der Waals surface area contributed by atoms with Gasteiger partial charge in [-0.2, -0.15) is 0 Å². The second kappa shape index (κ2) is 9.35. The van der Waals surface area contributed by atoms with Crippen LogP contribution in [0.2, 0.25) is 0 Å². The van der Waals surface area contributed by atoms with Crippen LogP contribution in [0.3, 0.4) is 0 Å². The SMILES string of the molecule is CC=C(c1ccc(CCCC)cc1)c1ccc(CCCC)cc1. The average Bonchev–Trinajstić information content (AvgIpc) is 2.61. The summed E-state index contributed by atoms with van der Waals surface area (Å²) in [5.41, 5.74) is 6.85. The second-order valence-corrected chi connectivity index (χ2v) is 6.30. The standard InChI is InChI=1S/C23H30/c1-4-7-9-19-11-15-21(16-12-19)23(6-3)22-17-13-20(14-18-22)10-8-5-2/h6,11-18H,4-5,7-10H2,1-3H3. The molecule has 0 N–H and O–H groups in total. The maximum Gasteiger partial charge on any atom is -0.0154 e. The van der Waals surface area contributed by atoms with E-state index >= 15 is 0 Å². The maximum absolute atomic E-state index is 2.28. The number of benzene rings is 2. The van der Waals surface area contributed by atoms with Gasteiger partial charge in [0, 0.05) is 0 Å². The van der Waals surface area contributed by atoms with Crippen LogP contribution >= 0.6 is 0 Å². The molecule has 0 bridgehead atoms. The zero-order valence-corrected chi connectivity index (χ0v) is 14.9. The largest absolute Gasteiger partial charge is 0.0792 e. The minimum absolute atomic E-state index is 1.19. The summed E-state index contributed by atoms with van der Waals surface area (Å²) in [4.78, 5) is 0. The van der Waals surface area contributed by atoms with Gasteiger partial charge in [-0.05, 0) is 60.4 Å². The van der Waals surface area contributed by atoms with Crippen LogP contribution in [0.5, 0.6) is 0 Å². The van der Waals surface area contributed by atoms with Gasteiger partial charge in [0.15, 0.2) is 0 Å². The van der Waals surface area contributed by atoms with Crippen LogP contribution < -0.4 is 0 Å². The number of unbranched alkanes of at least 4 members (excludes halogenated alkanes) is 2. The van der Waals surface area contributed by atoms with Gasteiger partial charge in [0.2, 0.25) is 0 Å². The highest BCUT2D eigenvalue weighted by atomic mass is 14.1. The zero-order valence-electron chi connectivity index (χ0n) is 14.9. The topological polar surface area (TPSA) is 0 Å². The van der Waals surface area contributed by atoms with Crippen LogP contribution in [0, 0.1) is 0 Å². The van der Waals surface area contributed by atoms with Gasteiger partial charge in [-0.3, -0.25) is 0 Å². The van der Waals surface area contributed by atoms with Crippen molar-refractivity contribution < 1.29 is 0 Å². The molecule has 122 valence electrons. The first-order valence-electron chi connectivity index (χ1n) is 9.13. The van der Waals surface area contributed by atoms with Gasteiger partial charge in [-0.25, -0.2) is 0 Å². The molecule has 23 heavy (non-hydrogen) atoms. The smallest absolute Gasteiger partial charge is 0.0154 e. The van der Waals surface area contributed by atoms with Gasteiger partial charge < -0.3 is 0 Å². The second-order valence-electron chi connectivity index (χ2n) is 6.30. The van der Waals surface area contributed by atoms with E-state index < -0.39 is 0 Å². The summed E-state index contributed by atoms with van der Waals surface area (Å²) in [7, 11) is 0. The molecule has 0 heterocycles. The van der Waals surface area contributed by atoms with Crippen molar-refractivity contribution in [2.24, 2.45) is 0 Å². The van der Waals surface area contributed by atoms with Crippen molar-refractivity contribution in [2.45, 2.75) is 59.3 Å². The van der Waals surface area contributed by atoms with E-state index in [4.69, 9.17) is 0 Å². The molecule has 0 atom stereocenters. The summed E-state index contributed by atoms with van der Waals surface area (Å²) in [6.07, 6.45) is 9.66. The van der Waals surface area contributed by atoms with Crippen LogP contribution in [0.1, 0.15) is 68.7 Å². The maximum atomic E-state index is 2.28. The van der Waals surface area contributed by atoms with Crippen molar-refractivity contribution in [1.29, 1.82) is 0 Å². The van der Waals surface area contributed by atoms with Gasteiger partial charge >= 0.3 is 0 Å². The number of rotatable bonds is 8. The molecule has 0 fully saturated rings. The Morgan fingerprint density at radius 1 is 0.696 bits per heavy atom. The van der Waals surface area contributed by atoms with Crippen molar-refractivity contribution >= 4 is 5.57 Å². The predicted octanol–water partition coefficient (Wildman–Crippen LogP) is 6.82. The molecule has 0 aromatic heterocycles. The minimum atomic E-state index is 1.19. The Bertz CT molecular complexity index is 546. The first-order valence-corrected chi connectivity index (χ1v) is 9.13. The fraction of sp³-hybridized carbons (Fsp3) is 0.391. The minimum Gasteiger partial charge on any atom is -0.0792 e. The number of allylic oxidation sites excluding steroid dienone is 1. The molecule has 0 aliphatic carbocycles. The van der Waals surface area contributed by atoms with Crippen molar-refractivity contribution in [3.05, 3.63) is 76.9 Å². The molecule has 0 aliphatic rings. The highest BCUT2D eigenvalue weighted by Gasteiger charge is 2.05. The molecule has 0 heteroatoms. The zero-order chi connectivity index (χ0) is 16.5. The van der Waals surface area contributed by atoms with Crippen LogP contribution in [0.25, 0.3) is 5.57 Å². The Kier molecular flexibility index (Phi) is 7.13. The quantitative estimate of drug-likeness (QED) is 0.501. The number of hydrogen-bond acceptors (Lipinski definition) is 0. The van der Waals surface area contributed by atoms with E-state index in [1.807, 2.05) is 0 Å². The van der Waals surface area contributed by atoms with Crippen molar-refractivity contribution in [3.63, 3.8) is 0 Å². The molecule has 0 spiro atoms. The number of aryl methyl sites for hydroxylation is 2. The monoisotopic (exact) mass is 306 g/mol. The van der Waals surface area contributed by atoms with E-state index in [2.05, 4.69) is 75.4 Å². The third kappa shape index (κ3) is 5.10. The van der Waals surface area contributed by atoms with Gasteiger partial charge in [0.05, 0.1) is 0 Å². The molecule has 0 nitrogen and oxygen atoms in total. The highest BCUT2D eigenvalue weighted by Crippen LogP contribution is 2.24. The molecule has 0 amide bonds. The van der Waals surface area contributed by atoms with E-state index in [9.17, 15) is 0 Å². The lowest BCUT2D eigenvalue weighted by molar-refractivity contribution is 0.795.